The van der Waals surface area contributed by atoms with Gasteiger partial charge in [0, 0.05) is 12.0 Å². The molecule has 0 saturated heterocycles. The number of nitrogens with one attached hydrogen (secondary N) is 1. The lowest BCUT2D eigenvalue weighted by Gasteiger charge is -2.23. The van der Waals surface area contributed by atoms with Crippen molar-refractivity contribution in [1.29, 1.82) is 0 Å². The summed E-state index contributed by atoms with van der Waals surface area (Å²) >= 11 is 0. The first-order valence-corrected chi connectivity index (χ1v) is 7.63. The van der Waals surface area contributed by atoms with Crippen molar-refractivity contribution in [3.63, 3.8) is 0 Å². The largest absolute Gasteiger partial charge is 0.466 e. The lowest BCUT2D eigenvalue weighted by atomic mass is 9.97. The fraction of sp³-hybridized carbons (Fsp3) is 0.529. The lowest BCUT2D eigenvalue weighted by molar-refractivity contribution is -0.143. The molecule has 0 saturated carbocycles. The molecule has 1 aromatic rings. The molecule has 3 N–H and O–H groups in total. The first-order valence-electron chi connectivity index (χ1n) is 7.63. The fourth-order valence-electron chi connectivity index (χ4n) is 2.15. The molecular formula is C17H27ClN2O3. The molecule has 1 aromatic carbocycles. The number of carbonyl (C=O) groups is 2. The van der Waals surface area contributed by atoms with Crippen LogP contribution in [-0.2, 0) is 14.3 Å². The Morgan fingerprint density at radius 1 is 1.26 bits per heavy atom. The van der Waals surface area contributed by atoms with Gasteiger partial charge >= 0.3 is 5.97 Å². The second-order valence-corrected chi connectivity index (χ2v) is 5.57. The van der Waals surface area contributed by atoms with Crippen LogP contribution in [-0.4, -0.2) is 24.5 Å². The second-order valence-electron chi connectivity index (χ2n) is 5.57. The number of amides is 1. The van der Waals surface area contributed by atoms with Crippen LogP contribution < -0.4 is 11.1 Å². The van der Waals surface area contributed by atoms with E-state index >= 15 is 0 Å². The van der Waals surface area contributed by atoms with Crippen molar-refractivity contribution in [1.82, 2.24) is 5.32 Å². The van der Waals surface area contributed by atoms with Gasteiger partial charge in [0.05, 0.1) is 19.1 Å². The molecule has 3 atom stereocenters. The maximum atomic E-state index is 12.3. The molecule has 0 bridgehead atoms. The summed E-state index contributed by atoms with van der Waals surface area (Å²) in [6.07, 6.45) is 0.107. The first kappa shape index (κ1) is 21.4. The SMILES string of the molecule is CCOC(=O)CC(NC(=O)C(C)C(C)N)c1ccccc1C.Cl. The van der Waals surface area contributed by atoms with Gasteiger partial charge in [-0.05, 0) is 31.9 Å². The Morgan fingerprint density at radius 3 is 2.39 bits per heavy atom. The van der Waals surface area contributed by atoms with Gasteiger partial charge in [0.15, 0.2) is 0 Å². The van der Waals surface area contributed by atoms with Crippen molar-refractivity contribution in [2.24, 2.45) is 11.7 Å². The van der Waals surface area contributed by atoms with Crippen molar-refractivity contribution in [3.05, 3.63) is 35.4 Å². The Bertz CT molecular complexity index is 520. The van der Waals surface area contributed by atoms with Gasteiger partial charge in [-0.15, -0.1) is 12.4 Å². The van der Waals surface area contributed by atoms with Crippen molar-refractivity contribution in [2.75, 3.05) is 6.61 Å². The highest BCUT2D eigenvalue weighted by Crippen LogP contribution is 2.22. The zero-order valence-corrected chi connectivity index (χ0v) is 15.0. The molecule has 3 unspecified atom stereocenters. The van der Waals surface area contributed by atoms with E-state index in [1.54, 1.807) is 20.8 Å². The quantitative estimate of drug-likeness (QED) is 0.746. The number of aryl methyl sites for hydroxylation is 1. The minimum absolute atomic E-state index is 0. The highest BCUT2D eigenvalue weighted by molar-refractivity contribution is 5.85. The van der Waals surface area contributed by atoms with Crippen LogP contribution in [0, 0.1) is 12.8 Å². The van der Waals surface area contributed by atoms with Crippen LogP contribution in [0.25, 0.3) is 0 Å². The summed E-state index contributed by atoms with van der Waals surface area (Å²) in [6, 6.07) is 7.02. The average Bonchev–Trinajstić information content (AvgIpc) is 2.46. The van der Waals surface area contributed by atoms with E-state index in [-0.39, 0.29) is 42.7 Å². The molecule has 0 aliphatic heterocycles. The number of ether oxygens (including phenoxy) is 1. The van der Waals surface area contributed by atoms with Gasteiger partial charge < -0.3 is 15.8 Å². The van der Waals surface area contributed by atoms with E-state index in [0.29, 0.717) is 6.61 Å². The molecule has 0 spiro atoms. The zero-order chi connectivity index (χ0) is 16.7. The monoisotopic (exact) mass is 342 g/mol. The smallest absolute Gasteiger partial charge is 0.308 e. The van der Waals surface area contributed by atoms with Crippen LogP contribution in [0.15, 0.2) is 24.3 Å². The van der Waals surface area contributed by atoms with E-state index in [9.17, 15) is 9.59 Å². The van der Waals surface area contributed by atoms with Crippen LogP contribution >= 0.6 is 12.4 Å². The summed E-state index contributed by atoms with van der Waals surface area (Å²) in [7, 11) is 0. The van der Waals surface area contributed by atoms with Crippen LogP contribution in [0.5, 0.6) is 0 Å². The average molecular weight is 343 g/mol. The number of benzene rings is 1. The Balaban J connectivity index is 0.00000484. The molecule has 0 heterocycles. The molecular weight excluding hydrogens is 316 g/mol. The van der Waals surface area contributed by atoms with Crippen molar-refractivity contribution >= 4 is 24.3 Å². The summed E-state index contributed by atoms with van der Waals surface area (Å²) < 4.78 is 5.01. The van der Waals surface area contributed by atoms with Gasteiger partial charge in [0.2, 0.25) is 5.91 Å². The highest BCUT2D eigenvalue weighted by atomic mass is 35.5. The number of halogens is 1. The van der Waals surface area contributed by atoms with Gasteiger partial charge in [-0.1, -0.05) is 31.2 Å². The molecule has 0 radical (unpaired) electrons. The normalized spacial score (nSPS) is 14.1. The van der Waals surface area contributed by atoms with E-state index in [1.165, 1.54) is 0 Å². The molecule has 0 fully saturated rings. The minimum atomic E-state index is -0.408. The van der Waals surface area contributed by atoms with Crippen LogP contribution in [0.1, 0.15) is 44.4 Å². The zero-order valence-electron chi connectivity index (χ0n) is 14.2. The van der Waals surface area contributed by atoms with Crippen LogP contribution in [0.4, 0.5) is 0 Å². The maximum absolute atomic E-state index is 12.3. The summed E-state index contributed by atoms with van der Waals surface area (Å²) in [5.74, 6) is -0.814. The van der Waals surface area contributed by atoms with Crippen molar-refractivity contribution < 1.29 is 14.3 Å². The van der Waals surface area contributed by atoms with Crippen molar-refractivity contribution in [3.8, 4) is 0 Å². The van der Waals surface area contributed by atoms with Gasteiger partial charge in [-0.2, -0.15) is 0 Å². The fourth-order valence-corrected chi connectivity index (χ4v) is 2.15. The maximum Gasteiger partial charge on any atom is 0.308 e. The third-order valence-electron chi connectivity index (χ3n) is 3.76. The Labute approximate surface area is 144 Å². The Morgan fingerprint density at radius 2 is 1.87 bits per heavy atom. The van der Waals surface area contributed by atoms with Gasteiger partial charge in [0.1, 0.15) is 0 Å². The van der Waals surface area contributed by atoms with E-state index < -0.39 is 6.04 Å². The molecule has 0 aliphatic rings. The summed E-state index contributed by atoms with van der Waals surface area (Å²) in [4.78, 5) is 24.1. The molecule has 0 aliphatic carbocycles. The minimum Gasteiger partial charge on any atom is -0.466 e. The Hall–Kier alpha value is -1.59. The van der Waals surface area contributed by atoms with Gasteiger partial charge in [0.25, 0.3) is 0 Å². The number of nitrogens with two attached hydrogens (primary N) is 1. The predicted molar refractivity (Wildman–Crippen MR) is 93.4 cm³/mol. The second kappa shape index (κ2) is 10.2. The van der Waals surface area contributed by atoms with E-state index in [4.69, 9.17) is 10.5 Å². The van der Waals surface area contributed by atoms with Gasteiger partial charge in [-0.25, -0.2) is 0 Å². The van der Waals surface area contributed by atoms with E-state index in [1.807, 2.05) is 31.2 Å². The molecule has 1 rings (SSSR count). The summed E-state index contributed by atoms with van der Waals surface area (Å²) in [5, 5.41) is 2.92. The first-order chi connectivity index (χ1) is 10.4. The van der Waals surface area contributed by atoms with E-state index in [2.05, 4.69) is 5.32 Å². The summed E-state index contributed by atoms with van der Waals surface area (Å²) in [6.45, 7) is 7.60. The summed E-state index contributed by atoms with van der Waals surface area (Å²) in [5.41, 5.74) is 7.71. The van der Waals surface area contributed by atoms with E-state index in [0.717, 1.165) is 11.1 Å². The molecule has 5 nitrogen and oxygen atoms in total. The number of hydrogen-bond donors (Lipinski definition) is 2. The number of esters is 1. The molecule has 130 valence electrons. The van der Waals surface area contributed by atoms with Crippen LogP contribution in [0.2, 0.25) is 0 Å². The predicted octanol–water partition coefficient (Wildman–Crippen LogP) is 2.51. The number of hydrogen-bond acceptors (Lipinski definition) is 4. The highest BCUT2D eigenvalue weighted by Gasteiger charge is 2.24. The molecule has 6 heteroatoms. The van der Waals surface area contributed by atoms with Crippen LogP contribution in [0.3, 0.4) is 0 Å². The molecule has 1 amide bonds. The van der Waals surface area contributed by atoms with Crippen molar-refractivity contribution in [2.45, 2.75) is 46.2 Å². The third kappa shape index (κ3) is 6.59. The Kier molecular flexibility index (Phi) is 9.53. The molecule has 0 aromatic heterocycles. The van der Waals surface area contributed by atoms with Gasteiger partial charge in [-0.3, -0.25) is 9.59 Å². The third-order valence-corrected chi connectivity index (χ3v) is 3.76. The lowest BCUT2D eigenvalue weighted by Crippen LogP contribution is -2.41. The topological polar surface area (TPSA) is 81.4 Å². The number of carbonyl (C=O) groups excluding carboxylic acids is 2. The standard InChI is InChI=1S/C17H26N2O3.ClH/c1-5-22-16(20)10-15(14-9-7-6-8-11(14)2)19-17(21)12(3)13(4)18;/h6-9,12-13,15H,5,10,18H2,1-4H3,(H,19,21);1H. The number of rotatable bonds is 7. The molecule has 23 heavy (non-hydrogen) atoms.